The van der Waals surface area contributed by atoms with Crippen LogP contribution in [0.3, 0.4) is 0 Å². The maximum atomic E-state index is 10.9. The van der Waals surface area contributed by atoms with E-state index in [1.165, 1.54) is 32.1 Å². The maximum absolute atomic E-state index is 10.9. The number of isocyanates is 3. The highest BCUT2D eigenvalue weighted by molar-refractivity contribution is 5.33. The number of carbonyl (C=O) groups excluding carboxylic acids is 3. The molecule has 2 rings (SSSR count). The van der Waals surface area contributed by atoms with Crippen LogP contribution in [-0.4, -0.2) is 37.9 Å². The SMILES string of the molecule is O=C=NCCCC1(CN=C=O)CCCC(CN=C=O)C1C1CCCCC1. The van der Waals surface area contributed by atoms with Crippen molar-refractivity contribution in [1.29, 1.82) is 0 Å². The van der Waals surface area contributed by atoms with E-state index >= 15 is 0 Å². The summed E-state index contributed by atoms with van der Waals surface area (Å²) >= 11 is 0. The Kier molecular flexibility index (Phi) is 8.64. The number of rotatable bonds is 9. The molecule has 2 aliphatic rings. The second-order valence-corrected chi connectivity index (χ2v) is 7.85. The van der Waals surface area contributed by atoms with Crippen molar-refractivity contribution in [3.8, 4) is 0 Å². The van der Waals surface area contributed by atoms with Crippen LogP contribution in [0.4, 0.5) is 0 Å². The van der Waals surface area contributed by atoms with Crippen molar-refractivity contribution in [2.45, 2.75) is 64.2 Å². The van der Waals surface area contributed by atoms with E-state index < -0.39 is 0 Å². The first-order valence-corrected chi connectivity index (χ1v) is 9.88. The highest BCUT2D eigenvalue weighted by atomic mass is 16.1. The fourth-order valence-corrected chi connectivity index (χ4v) is 5.60. The van der Waals surface area contributed by atoms with Gasteiger partial charge in [0.25, 0.3) is 0 Å². The van der Waals surface area contributed by atoms with Gasteiger partial charge in [-0.2, -0.15) is 0 Å². The molecule has 6 heteroatoms. The molecule has 0 aromatic carbocycles. The number of hydrogen-bond donors (Lipinski definition) is 0. The van der Waals surface area contributed by atoms with Crippen LogP contribution in [0.1, 0.15) is 64.2 Å². The first-order valence-electron chi connectivity index (χ1n) is 9.88. The van der Waals surface area contributed by atoms with Gasteiger partial charge in [0.1, 0.15) is 0 Å². The van der Waals surface area contributed by atoms with Gasteiger partial charge >= 0.3 is 0 Å². The van der Waals surface area contributed by atoms with Gasteiger partial charge in [-0.05, 0) is 48.9 Å². The zero-order valence-electron chi connectivity index (χ0n) is 15.5. The van der Waals surface area contributed by atoms with Gasteiger partial charge in [-0.25, -0.2) is 29.4 Å². The van der Waals surface area contributed by atoms with Gasteiger partial charge in [0.15, 0.2) is 0 Å². The lowest BCUT2D eigenvalue weighted by Crippen LogP contribution is -2.47. The Morgan fingerprint density at radius 3 is 2.27 bits per heavy atom. The molecule has 142 valence electrons. The van der Waals surface area contributed by atoms with Crippen LogP contribution in [-0.2, 0) is 14.4 Å². The van der Waals surface area contributed by atoms with Crippen molar-refractivity contribution < 1.29 is 14.4 Å². The lowest BCUT2D eigenvalue weighted by atomic mass is 9.54. The summed E-state index contributed by atoms with van der Waals surface area (Å²) in [5.74, 6) is 1.32. The predicted molar refractivity (Wildman–Crippen MR) is 98.0 cm³/mol. The van der Waals surface area contributed by atoms with E-state index in [-0.39, 0.29) is 5.41 Å². The maximum Gasteiger partial charge on any atom is 0.234 e. The van der Waals surface area contributed by atoms with E-state index in [1.807, 2.05) is 0 Å². The number of aliphatic imine (C=N–C) groups is 3. The topological polar surface area (TPSA) is 88.3 Å². The van der Waals surface area contributed by atoms with Gasteiger partial charge < -0.3 is 0 Å². The summed E-state index contributed by atoms with van der Waals surface area (Å²) in [4.78, 5) is 43.6. The van der Waals surface area contributed by atoms with Crippen molar-refractivity contribution >= 4 is 18.2 Å². The second-order valence-electron chi connectivity index (χ2n) is 7.85. The molecule has 0 saturated heterocycles. The fourth-order valence-electron chi connectivity index (χ4n) is 5.60. The highest BCUT2D eigenvalue weighted by Crippen LogP contribution is 2.54. The Morgan fingerprint density at radius 1 is 0.846 bits per heavy atom. The van der Waals surface area contributed by atoms with E-state index in [0.29, 0.717) is 37.4 Å². The summed E-state index contributed by atoms with van der Waals surface area (Å²) in [6.45, 7) is 1.46. The van der Waals surface area contributed by atoms with Crippen molar-refractivity contribution in [3.63, 3.8) is 0 Å². The Morgan fingerprint density at radius 2 is 1.58 bits per heavy atom. The van der Waals surface area contributed by atoms with Crippen molar-refractivity contribution in [3.05, 3.63) is 0 Å². The molecule has 2 fully saturated rings. The minimum atomic E-state index is -0.0842. The molecule has 3 atom stereocenters. The lowest BCUT2D eigenvalue weighted by molar-refractivity contribution is -0.0125. The molecule has 0 aromatic rings. The van der Waals surface area contributed by atoms with E-state index in [9.17, 15) is 14.4 Å². The molecule has 0 heterocycles. The molecule has 0 aliphatic heterocycles. The van der Waals surface area contributed by atoms with Crippen LogP contribution in [0, 0.1) is 23.2 Å². The first kappa shape index (κ1) is 20.5. The average Bonchev–Trinajstić information content (AvgIpc) is 2.69. The van der Waals surface area contributed by atoms with Gasteiger partial charge in [0.05, 0.1) is 19.6 Å². The lowest BCUT2D eigenvalue weighted by Gasteiger charge is -2.51. The molecule has 0 N–H and O–H groups in total. The van der Waals surface area contributed by atoms with Crippen LogP contribution in [0.25, 0.3) is 0 Å². The number of hydrogen-bond acceptors (Lipinski definition) is 6. The predicted octanol–water partition coefficient (Wildman–Crippen LogP) is 3.76. The van der Waals surface area contributed by atoms with E-state index in [4.69, 9.17) is 0 Å². The Labute approximate surface area is 155 Å². The molecular formula is C20H29N3O3. The van der Waals surface area contributed by atoms with Crippen molar-refractivity contribution in [2.24, 2.45) is 38.1 Å². The molecule has 2 saturated carbocycles. The van der Waals surface area contributed by atoms with Crippen LogP contribution in [0.5, 0.6) is 0 Å². The van der Waals surface area contributed by atoms with Gasteiger partial charge in [-0.1, -0.05) is 38.5 Å². The van der Waals surface area contributed by atoms with Crippen molar-refractivity contribution in [1.82, 2.24) is 0 Å². The zero-order chi connectivity index (χ0) is 18.7. The summed E-state index contributed by atoms with van der Waals surface area (Å²) in [6, 6.07) is 0. The minimum Gasteiger partial charge on any atom is -0.211 e. The molecule has 0 spiro atoms. The molecular weight excluding hydrogens is 330 g/mol. The summed E-state index contributed by atoms with van der Waals surface area (Å²) in [7, 11) is 0. The van der Waals surface area contributed by atoms with E-state index in [1.54, 1.807) is 18.2 Å². The minimum absolute atomic E-state index is 0.0842. The van der Waals surface area contributed by atoms with Gasteiger partial charge in [0, 0.05) is 0 Å². The van der Waals surface area contributed by atoms with E-state index in [0.717, 1.165) is 32.1 Å². The van der Waals surface area contributed by atoms with Crippen LogP contribution in [0.2, 0.25) is 0 Å². The Hall–Kier alpha value is -1.86. The average molecular weight is 359 g/mol. The molecule has 0 bridgehead atoms. The van der Waals surface area contributed by atoms with E-state index in [2.05, 4.69) is 15.0 Å². The summed E-state index contributed by atoms with van der Waals surface area (Å²) < 4.78 is 0. The molecule has 0 aromatic heterocycles. The molecule has 0 amide bonds. The molecule has 26 heavy (non-hydrogen) atoms. The Balaban J connectivity index is 2.30. The second kappa shape index (κ2) is 11.0. The third kappa shape index (κ3) is 5.32. The fraction of sp³-hybridized carbons (Fsp3) is 0.850. The van der Waals surface area contributed by atoms with Gasteiger partial charge in [-0.15, -0.1) is 0 Å². The summed E-state index contributed by atoms with van der Waals surface area (Å²) in [5.41, 5.74) is -0.0842. The third-order valence-electron chi connectivity index (χ3n) is 6.48. The summed E-state index contributed by atoms with van der Waals surface area (Å²) in [5, 5.41) is 0. The highest BCUT2D eigenvalue weighted by Gasteiger charge is 2.48. The molecule has 6 nitrogen and oxygen atoms in total. The third-order valence-corrected chi connectivity index (χ3v) is 6.48. The molecule has 2 aliphatic carbocycles. The monoisotopic (exact) mass is 359 g/mol. The number of nitrogens with zero attached hydrogens (tertiary/aromatic N) is 3. The van der Waals surface area contributed by atoms with Crippen LogP contribution in [0.15, 0.2) is 15.0 Å². The molecule has 0 radical (unpaired) electrons. The van der Waals surface area contributed by atoms with Crippen molar-refractivity contribution in [2.75, 3.05) is 19.6 Å². The van der Waals surface area contributed by atoms with Gasteiger partial charge in [-0.3, -0.25) is 0 Å². The standard InChI is InChI=1S/C20H29N3O3/c24-14-21-11-5-10-20(13-23-16-26)9-4-8-18(12-22-15-25)19(20)17-6-2-1-3-7-17/h17-19H,1-13H2. The zero-order valence-corrected chi connectivity index (χ0v) is 15.5. The quantitative estimate of drug-likeness (QED) is 0.357. The van der Waals surface area contributed by atoms with Crippen LogP contribution < -0.4 is 0 Å². The normalized spacial score (nSPS) is 29.1. The van der Waals surface area contributed by atoms with Gasteiger partial charge in [0.2, 0.25) is 18.2 Å². The summed E-state index contributed by atoms with van der Waals surface area (Å²) in [6.07, 6.45) is 16.0. The smallest absolute Gasteiger partial charge is 0.211 e. The first-order chi connectivity index (χ1) is 12.8. The Bertz CT molecular complexity index is 583. The van der Waals surface area contributed by atoms with Crippen LogP contribution >= 0.6 is 0 Å². The largest absolute Gasteiger partial charge is 0.234 e. The molecule has 3 unspecified atom stereocenters.